The Labute approximate surface area is 147 Å². The first kappa shape index (κ1) is 16.4. The fourth-order valence-electron chi connectivity index (χ4n) is 2.62. The van der Waals surface area contributed by atoms with Crippen molar-refractivity contribution in [2.45, 2.75) is 0 Å². The monoisotopic (exact) mass is 390 g/mol. The predicted octanol–water partition coefficient (Wildman–Crippen LogP) is 2.71. The van der Waals surface area contributed by atoms with Gasteiger partial charge in [-0.1, -0.05) is 12.1 Å². The number of carbonyl (C=O) groups is 1. The Balaban J connectivity index is 1.64. The summed E-state index contributed by atoms with van der Waals surface area (Å²) in [5, 5.41) is 10.7. The third-order valence-electron chi connectivity index (χ3n) is 3.94. The Morgan fingerprint density at radius 1 is 1.12 bits per heavy atom. The van der Waals surface area contributed by atoms with E-state index in [4.69, 9.17) is 0 Å². The number of rotatable bonds is 3. The van der Waals surface area contributed by atoms with Gasteiger partial charge in [-0.2, -0.15) is 0 Å². The van der Waals surface area contributed by atoms with Crippen molar-refractivity contribution in [1.82, 2.24) is 9.88 Å². The molecule has 1 aliphatic heterocycles. The van der Waals surface area contributed by atoms with Gasteiger partial charge in [-0.25, -0.2) is 4.98 Å². The average Bonchev–Trinajstić information content (AvgIpc) is 2.62. The standard InChI is InChI=1S/C16H15BrN4O3/c17-14-4-2-1-3-13(14)16(22)20-9-7-19(8-10-20)15-6-5-12(11-18-15)21(23)24/h1-6,11H,7-10H2. The van der Waals surface area contributed by atoms with E-state index in [1.165, 1.54) is 12.3 Å². The van der Waals surface area contributed by atoms with E-state index in [-0.39, 0.29) is 11.6 Å². The number of benzene rings is 1. The van der Waals surface area contributed by atoms with Crippen LogP contribution in [0.4, 0.5) is 11.5 Å². The molecule has 0 aliphatic carbocycles. The Hall–Kier alpha value is -2.48. The summed E-state index contributed by atoms with van der Waals surface area (Å²) in [6.45, 7) is 2.44. The van der Waals surface area contributed by atoms with Crippen molar-refractivity contribution in [3.63, 3.8) is 0 Å². The van der Waals surface area contributed by atoms with Gasteiger partial charge in [0, 0.05) is 36.7 Å². The largest absolute Gasteiger partial charge is 0.353 e. The van der Waals surface area contributed by atoms with Gasteiger partial charge in [0.15, 0.2) is 0 Å². The average molecular weight is 391 g/mol. The third kappa shape index (κ3) is 3.38. The topological polar surface area (TPSA) is 79.6 Å². The van der Waals surface area contributed by atoms with Crippen molar-refractivity contribution in [1.29, 1.82) is 0 Å². The van der Waals surface area contributed by atoms with Crippen LogP contribution in [0.5, 0.6) is 0 Å². The lowest BCUT2D eigenvalue weighted by Crippen LogP contribution is -2.49. The highest BCUT2D eigenvalue weighted by Crippen LogP contribution is 2.21. The lowest BCUT2D eigenvalue weighted by molar-refractivity contribution is -0.385. The molecule has 1 fully saturated rings. The van der Waals surface area contributed by atoms with Crippen molar-refractivity contribution in [3.8, 4) is 0 Å². The quantitative estimate of drug-likeness (QED) is 0.594. The summed E-state index contributed by atoms with van der Waals surface area (Å²) in [6, 6.07) is 10.5. The predicted molar refractivity (Wildman–Crippen MR) is 93.1 cm³/mol. The summed E-state index contributed by atoms with van der Waals surface area (Å²) in [5.74, 6) is 0.687. The van der Waals surface area contributed by atoms with Gasteiger partial charge in [0.2, 0.25) is 0 Å². The van der Waals surface area contributed by atoms with E-state index in [2.05, 4.69) is 20.9 Å². The van der Waals surface area contributed by atoms with Crippen LogP contribution in [0.3, 0.4) is 0 Å². The number of nitrogens with zero attached hydrogens (tertiary/aromatic N) is 4. The molecule has 0 N–H and O–H groups in total. The second kappa shape index (κ2) is 6.96. The Bertz CT molecular complexity index is 758. The van der Waals surface area contributed by atoms with Crippen molar-refractivity contribution in [3.05, 3.63) is 62.7 Å². The SMILES string of the molecule is O=C(c1ccccc1Br)N1CCN(c2ccc([N+](=O)[O-])cn2)CC1. The number of nitro groups is 1. The summed E-state index contributed by atoms with van der Waals surface area (Å²) in [7, 11) is 0. The second-order valence-electron chi connectivity index (χ2n) is 5.39. The zero-order valence-electron chi connectivity index (χ0n) is 12.8. The number of pyridine rings is 1. The maximum atomic E-state index is 12.6. The van der Waals surface area contributed by atoms with E-state index >= 15 is 0 Å². The molecule has 0 atom stereocenters. The number of hydrogen-bond acceptors (Lipinski definition) is 5. The first-order valence-corrected chi connectivity index (χ1v) is 8.25. The van der Waals surface area contributed by atoms with Crippen LogP contribution in [0.2, 0.25) is 0 Å². The Kier molecular flexibility index (Phi) is 4.75. The first-order chi connectivity index (χ1) is 11.6. The number of anilines is 1. The molecule has 0 spiro atoms. The molecule has 2 heterocycles. The van der Waals surface area contributed by atoms with E-state index < -0.39 is 4.92 Å². The highest BCUT2D eigenvalue weighted by Gasteiger charge is 2.24. The van der Waals surface area contributed by atoms with Gasteiger partial charge in [-0.3, -0.25) is 14.9 Å². The molecule has 124 valence electrons. The van der Waals surface area contributed by atoms with Crippen LogP contribution in [-0.2, 0) is 0 Å². The molecule has 0 bridgehead atoms. The zero-order valence-corrected chi connectivity index (χ0v) is 14.3. The molecule has 8 heteroatoms. The summed E-state index contributed by atoms with van der Waals surface area (Å²) in [5.41, 5.74) is 0.626. The van der Waals surface area contributed by atoms with Crippen LogP contribution >= 0.6 is 15.9 Å². The van der Waals surface area contributed by atoms with Crippen molar-refractivity contribution in [2.75, 3.05) is 31.1 Å². The minimum atomic E-state index is -0.467. The van der Waals surface area contributed by atoms with E-state index in [0.29, 0.717) is 37.6 Å². The van der Waals surface area contributed by atoms with Gasteiger partial charge in [0.05, 0.1) is 10.5 Å². The van der Waals surface area contributed by atoms with Crippen LogP contribution in [0.15, 0.2) is 47.1 Å². The van der Waals surface area contributed by atoms with E-state index in [1.54, 1.807) is 12.1 Å². The van der Waals surface area contributed by atoms with Crippen LogP contribution in [-0.4, -0.2) is 46.9 Å². The molecule has 1 saturated heterocycles. The highest BCUT2D eigenvalue weighted by molar-refractivity contribution is 9.10. The van der Waals surface area contributed by atoms with Gasteiger partial charge >= 0.3 is 0 Å². The second-order valence-corrected chi connectivity index (χ2v) is 6.25. The lowest BCUT2D eigenvalue weighted by atomic mass is 10.2. The minimum Gasteiger partial charge on any atom is -0.353 e. The summed E-state index contributed by atoms with van der Waals surface area (Å²) < 4.78 is 0.787. The maximum absolute atomic E-state index is 12.6. The number of halogens is 1. The molecule has 0 radical (unpaired) electrons. The summed E-state index contributed by atoms with van der Waals surface area (Å²) in [6.07, 6.45) is 1.26. The van der Waals surface area contributed by atoms with Crippen molar-refractivity contribution in [2.24, 2.45) is 0 Å². The zero-order chi connectivity index (χ0) is 17.1. The van der Waals surface area contributed by atoms with E-state index in [0.717, 1.165) is 4.47 Å². The molecule has 7 nitrogen and oxygen atoms in total. The smallest absolute Gasteiger partial charge is 0.287 e. The summed E-state index contributed by atoms with van der Waals surface area (Å²) in [4.78, 5) is 30.7. The fraction of sp³-hybridized carbons (Fsp3) is 0.250. The van der Waals surface area contributed by atoms with E-state index in [1.807, 2.05) is 28.0 Å². The van der Waals surface area contributed by atoms with E-state index in [9.17, 15) is 14.9 Å². The Morgan fingerprint density at radius 3 is 2.42 bits per heavy atom. The number of carbonyl (C=O) groups excluding carboxylic acids is 1. The third-order valence-corrected chi connectivity index (χ3v) is 4.63. The minimum absolute atomic E-state index is 0.00113. The fourth-order valence-corrected chi connectivity index (χ4v) is 3.07. The Morgan fingerprint density at radius 2 is 1.83 bits per heavy atom. The number of aromatic nitrogens is 1. The molecule has 0 saturated carbocycles. The van der Waals surface area contributed by atoms with Gasteiger partial charge in [-0.15, -0.1) is 0 Å². The molecule has 0 unspecified atom stereocenters. The number of piperazine rings is 1. The molecule has 1 amide bonds. The molecular formula is C16H15BrN4O3. The molecule has 24 heavy (non-hydrogen) atoms. The van der Waals surface area contributed by atoms with Crippen LogP contribution in [0.1, 0.15) is 10.4 Å². The molecule has 1 aromatic carbocycles. The van der Waals surface area contributed by atoms with Gasteiger partial charge in [0.1, 0.15) is 12.0 Å². The van der Waals surface area contributed by atoms with Gasteiger partial charge < -0.3 is 9.80 Å². The number of hydrogen-bond donors (Lipinski definition) is 0. The molecule has 3 rings (SSSR count). The van der Waals surface area contributed by atoms with Gasteiger partial charge in [-0.05, 0) is 34.1 Å². The lowest BCUT2D eigenvalue weighted by Gasteiger charge is -2.35. The maximum Gasteiger partial charge on any atom is 0.287 e. The van der Waals surface area contributed by atoms with Crippen molar-refractivity contribution >= 4 is 33.3 Å². The normalized spacial score (nSPS) is 14.5. The van der Waals surface area contributed by atoms with Crippen LogP contribution in [0, 0.1) is 10.1 Å². The molecular weight excluding hydrogens is 376 g/mol. The van der Waals surface area contributed by atoms with Crippen LogP contribution in [0.25, 0.3) is 0 Å². The van der Waals surface area contributed by atoms with Crippen molar-refractivity contribution < 1.29 is 9.72 Å². The highest BCUT2D eigenvalue weighted by atomic mass is 79.9. The number of amides is 1. The van der Waals surface area contributed by atoms with Gasteiger partial charge in [0.25, 0.3) is 11.6 Å². The summed E-state index contributed by atoms with van der Waals surface area (Å²) >= 11 is 3.41. The first-order valence-electron chi connectivity index (χ1n) is 7.45. The van der Waals surface area contributed by atoms with Crippen LogP contribution < -0.4 is 4.90 Å². The molecule has 1 aromatic heterocycles. The molecule has 2 aromatic rings. The molecule has 1 aliphatic rings.